The Bertz CT molecular complexity index is 621. The fourth-order valence-corrected chi connectivity index (χ4v) is 4.01. The van der Waals surface area contributed by atoms with Gasteiger partial charge < -0.3 is 74.4 Å². The molecule has 15 nitrogen and oxygen atoms in total. The maximum absolute atomic E-state index is 11.0. The van der Waals surface area contributed by atoms with Crippen LogP contribution >= 0.6 is 0 Å². The molecule has 0 radical (unpaired) electrons. The van der Waals surface area contributed by atoms with E-state index in [1.165, 1.54) is 0 Å². The van der Waals surface area contributed by atoms with Gasteiger partial charge >= 0.3 is 0 Å². The van der Waals surface area contributed by atoms with E-state index in [0.29, 0.717) is 6.61 Å². The van der Waals surface area contributed by atoms with E-state index in [2.05, 4.69) is 0 Å². The van der Waals surface area contributed by atoms with Gasteiger partial charge in [0.1, 0.15) is 48.8 Å². The summed E-state index contributed by atoms with van der Waals surface area (Å²) in [6.45, 7) is -2.44. The van der Waals surface area contributed by atoms with E-state index in [4.69, 9.17) is 33.5 Å². The van der Waals surface area contributed by atoms with Crippen molar-refractivity contribution >= 4 is 0 Å². The van der Waals surface area contributed by atoms with E-state index < -0.39 is 93.1 Å². The first-order valence-corrected chi connectivity index (χ1v) is 11.0. The number of hydrogen-bond donors (Lipinski definition) is 9. The fraction of sp³-hybridized carbons (Fsp3) is 1.00. The SMILES string of the molecule is OCCOC(CO)OC(CC1CO1)[C@@]1(O[C@H]2O[C@H](CO)[C@@H](O)[C@H](O)[C@H]2O)O[C@H](CO)[C@@H](O)[C@@H]1O. The summed E-state index contributed by atoms with van der Waals surface area (Å²) in [5.74, 6) is -2.36. The molecule has 0 aromatic heterocycles. The minimum absolute atomic E-state index is 0.0294. The molecule has 200 valence electrons. The standard InChI is InChI=1S/C19H34O15/c20-1-2-29-12(6-23)32-11(3-8-7-30-8)19(17(28)14(25)10(5-22)33-19)34-18-16(27)15(26)13(24)9(4-21)31-18/h8-18,20-28H,1-7H2/t8?,9-,10-,11?,12?,13-,14-,15+,16-,17+,18-,19+/m1/s1. The molecule has 3 rings (SSSR count). The highest BCUT2D eigenvalue weighted by atomic mass is 16.8. The van der Waals surface area contributed by atoms with Crippen LogP contribution in [0.15, 0.2) is 0 Å². The molecule has 9 N–H and O–H groups in total. The Balaban J connectivity index is 1.93. The van der Waals surface area contributed by atoms with Crippen LogP contribution in [0, 0.1) is 0 Å². The quantitative estimate of drug-likeness (QED) is 0.0841. The third kappa shape index (κ3) is 5.86. The summed E-state index contributed by atoms with van der Waals surface area (Å²) in [7, 11) is 0. The van der Waals surface area contributed by atoms with Gasteiger partial charge in [-0.3, -0.25) is 0 Å². The third-order valence-electron chi connectivity index (χ3n) is 5.97. The molecule has 0 amide bonds. The largest absolute Gasteiger partial charge is 0.394 e. The van der Waals surface area contributed by atoms with E-state index in [1.807, 2.05) is 0 Å². The zero-order chi connectivity index (χ0) is 25.0. The Morgan fingerprint density at radius 3 is 2.09 bits per heavy atom. The highest BCUT2D eigenvalue weighted by Gasteiger charge is 2.63. The number of ether oxygens (including phenoxy) is 6. The van der Waals surface area contributed by atoms with Gasteiger partial charge in [-0.2, -0.15) is 0 Å². The summed E-state index contributed by atoms with van der Waals surface area (Å²) in [6.07, 6.45) is -16.6. The number of hydrogen-bond acceptors (Lipinski definition) is 15. The fourth-order valence-electron chi connectivity index (χ4n) is 4.01. The second-order valence-electron chi connectivity index (χ2n) is 8.33. The van der Waals surface area contributed by atoms with Crippen molar-refractivity contribution in [1.82, 2.24) is 0 Å². The minimum atomic E-state index is -2.36. The first kappa shape index (κ1) is 28.0. The van der Waals surface area contributed by atoms with Gasteiger partial charge in [-0.25, -0.2) is 0 Å². The summed E-state index contributed by atoms with van der Waals surface area (Å²) in [5.41, 5.74) is 0. The van der Waals surface area contributed by atoms with E-state index in [0.717, 1.165) is 0 Å². The van der Waals surface area contributed by atoms with Crippen LogP contribution in [0.1, 0.15) is 6.42 Å². The highest BCUT2D eigenvalue weighted by molar-refractivity contribution is 5.04. The van der Waals surface area contributed by atoms with Crippen molar-refractivity contribution in [1.29, 1.82) is 0 Å². The molecule has 3 aliphatic rings. The van der Waals surface area contributed by atoms with E-state index in [9.17, 15) is 40.9 Å². The van der Waals surface area contributed by atoms with E-state index >= 15 is 0 Å². The van der Waals surface area contributed by atoms with E-state index in [-0.39, 0.29) is 19.6 Å². The van der Waals surface area contributed by atoms with Crippen LogP contribution in [-0.4, -0.2) is 159 Å². The lowest BCUT2D eigenvalue weighted by molar-refractivity contribution is -0.407. The number of epoxide rings is 1. The van der Waals surface area contributed by atoms with Crippen LogP contribution in [-0.2, 0) is 28.4 Å². The lowest BCUT2D eigenvalue weighted by Gasteiger charge is -2.46. The Morgan fingerprint density at radius 1 is 0.882 bits per heavy atom. The van der Waals surface area contributed by atoms with Gasteiger partial charge in [0.2, 0.25) is 5.79 Å². The minimum Gasteiger partial charge on any atom is -0.394 e. The van der Waals surface area contributed by atoms with Crippen LogP contribution in [0.25, 0.3) is 0 Å². The first-order valence-electron chi connectivity index (χ1n) is 11.0. The smallest absolute Gasteiger partial charge is 0.227 e. The molecule has 0 aromatic rings. The van der Waals surface area contributed by atoms with Gasteiger partial charge in [-0.05, 0) is 0 Å². The van der Waals surface area contributed by atoms with Crippen molar-refractivity contribution in [2.75, 3.05) is 39.6 Å². The van der Waals surface area contributed by atoms with Crippen molar-refractivity contribution in [3.63, 3.8) is 0 Å². The molecule has 3 aliphatic heterocycles. The normalized spacial score (nSPS) is 44.2. The molecular weight excluding hydrogens is 468 g/mol. The molecule has 0 bridgehead atoms. The zero-order valence-electron chi connectivity index (χ0n) is 18.3. The average Bonchev–Trinajstić information content (AvgIpc) is 3.63. The van der Waals surface area contributed by atoms with Gasteiger partial charge in [0.25, 0.3) is 0 Å². The van der Waals surface area contributed by atoms with Crippen molar-refractivity contribution in [3.05, 3.63) is 0 Å². The van der Waals surface area contributed by atoms with Crippen LogP contribution in [0.3, 0.4) is 0 Å². The number of rotatable bonds is 13. The molecule has 0 aliphatic carbocycles. The molecule has 3 heterocycles. The van der Waals surface area contributed by atoms with Gasteiger partial charge in [0.05, 0.1) is 45.7 Å². The molecule has 3 fully saturated rings. The predicted octanol–water partition coefficient (Wildman–Crippen LogP) is -5.89. The molecule has 15 heteroatoms. The lowest BCUT2D eigenvalue weighted by Crippen LogP contribution is -2.65. The molecule has 3 saturated heterocycles. The molecule has 3 unspecified atom stereocenters. The van der Waals surface area contributed by atoms with Crippen LogP contribution < -0.4 is 0 Å². The second kappa shape index (κ2) is 12.1. The van der Waals surface area contributed by atoms with Crippen molar-refractivity contribution in [2.24, 2.45) is 0 Å². The van der Waals surface area contributed by atoms with Crippen LogP contribution in [0.2, 0.25) is 0 Å². The summed E-state index contributed by atoms with van der Waals surface area (Å²) in [6, 6.07) is 0. The van der Waals surface area contributed by atoms with Crippen LogP contribution in [0.5, 0.6) is 0 Å². The summed E-state index contributed by atoms with van der Waals surface area (Å²) in [5, 5.41) is 89.8. The van der Waals surface area contributed by atoms with Crippen LogP contribution in [0.4, 0.5) is 0 Å². The van der Waals surface area contributed by atoms with Gasteiger partial charge in [-0.1, -0.05) is 0 Å². The van der Waals surface area contributed by atoms with Crippen molar-refractivity contribution in [3.8, 4) is 0 Å². The topological polar surface area (TPSA) is 241 Å². The lowest BCUT2D eigenvalue weighted by atomic mass is 9.95. The number of aliphatic hydroxyl groups is 9. The predicted molar refractivity (Wildman–Crippen MR) is 105 cm³/mol. The molecule has 34 heavy (non-hydrogen) atoms. The Labute approximate surface area is 194 Å². The average molecular weight is 502 g/mol. The van der Waals surface area contributed by atoms with Gasteiger partial charge in [0.15, 0.2) is 12.6 Å². The first-order chi connectivity index (χ1) is 16.2. The Hall–Kier alpha value is -0.600. The van der Waals surface area contributed by atoms with Gasteiger partial charge in [0, 0.05) is 6.42 Å². The highest BCUT2D eigenvalue weighted by Crippen LogP contribution is 2.42. The monoisotopic (exact) mass is 502 g/mol. The molecule has 0 saturated carbocycles. The molecule has 0 spiro atoms. The summed E-state index contributed by atoms with van der Waals surface area (Å²) < 4.78 is 33.1. The Kier molecular flexibility index (Phi) is 9.95. The molecular formula is C19H34O15. The molecule has 12 atom stereocenters. The third-order valence-corrected chi connectivity index (χ3v) is 5.97. The van der Waals surface area contributed by atoms with Crippen molar-refractivity contribution < 1.29 is 74.4 Å². The molecule has 0 aromatic carbocycles. The van der Waals surface area contributed by atoms with Crippen molar-refractivity contribution in [2.45, 2.75) is 79.7 Å². The zero-order valence-corrected chi connectivity index (χ0v) is 18.3. The summed E-state index contributed by atoms with van der Waals surface area (Å²) in [4.78, 5) is 0. The maximum Gasteiger partial charge on any atom is 0.227 e. The second-order valence-corrected chi connectivity index (χ2v) is 8.33. The summed E-state index contributed by atoms with van der Waals surface area (Å²) >= 11 is 0. The maximum atomic E-state index is 11.0. The Morgan fingerprint density at radius 2 is 1.56 bits per heavy atom. The van der Waals surface area contributed by atoms with Gasteiger partial charge in [-0.15, -0.1) is 0 Å². The van der Waals surface area contributed by atoms with E-state index in [1.54, 1.807) is 0 Å². The number of aliphatic hydroxyl groups excluding tert-OH is 9.